The molecule has 0 amide bonds. The predicted molar refractivity (Wildman–Crippen MR) is 181 cm³/mol. The fraction of sp³-hybridized carbons (Fsp3) is 0.350. The summed E-state index contributed by atoms with van der Waals surface area (Å²) in [6.45, 7) is 6.43. The van der Waals surface area contributed by atoms with Crippen LogP contribution in [0.5, 0.6) is 0 Å². The summed E-state index contributed by atoms with van der Waals surface area (Å²) in [7, 11) is 0. The first kappa shape index (κ1) is 31.2. The number of fused-ring (bicyclic) bond motifs is 3. The van der Waals surface area contributed by atoms with Gasteiger partial charge in [-0.1, -0.05) is 68.4 Å². The van der Waals surface area contributed by atoms with E-state index in [-0.39, 0.29) is 29.7 Å². The highest BCUT2D eigenvalue weighted by atomic mass is 16.7. The van der Waals surface area contributed by atoms with Crippen LogP contribution < -0.4 is 4.90 Å². The lowest BCUT2D eigenvalue weighted by Gasteiger charge is -2.28. The van der Waals surface area contributed by atoms with E-state index in [0.29, 0.717) is 38.9 Å². The van der Waals surface area contributed by atoms with Crippen molar-refractivity contribution in [2.24, 2.45) is 0 Å². The minimum Gasteiger partial charge on any atom is -0.466 e. The molecule has 242 valence electrons. The van der Waals surface area contributed by atoms with Crippen LogP contribution in [0.4, 0.5) is 17.1 Å². The minimum atomic E-state index is -0.379. The van der Waals surface area contributed by atoms with E-state index in [0.717, 1.165) is 47.6 Å². The highest BCUT2D eigenvalue weighted by Gasteiger charge is 2.35. The third-order valence-corrected chi connectivity index (χ3v) is 9.48. The maximum atomic E-state index is 12.3. The number of carbonyl (C=O) groups excluding carboxylic acids is 2. The molecule has 2 atom stereocenters. The van der Waals surface area contributed by atoms with Gasteiger partial charge in [0.15, 0.2) is 0 Å². The molecule has 4 aromatic rings. The van der Waals surface area contributed by atoms with Gasteiger partial charge in [-0.2, -0.15) is 0 Å². The second-order valence-electron chi connectivity index (χ2n) is 13.1. The fourth-order valence-corrected chi connectivity index (χ4v) is 6.52. The molecule has 7 rings (SSSR count). The quantitative estimate of drug-likeness (QED) is 0.109. The molecule has 7 nitrogen and oxygen atoms in total. The van der Waals surface area contributed by atoms with Crippen molar-refractivity contribution in [2.45, 2.75) is 70.2 Å². The molecule has 7 heteroatoms. The Morgan fingerprint density at radius 3 is 1.98 bits per heavy atom. The second kappa shape index (κ2) is 13.3. The number of esters is 2. The first-order chi connectivity index (χ1) is 22.8. The van der Waals surface area contributed by atoms with Gasteiger partial charge >= 0.3 is 11.9 Å². The van der Waals surface area contributed by atoms with E-state index in [1.54, 1.807) is 0 Å². The second-order valence-corrected chi connectivity index (χ2v) is 13.1. The molecule has 0 bridgehead atoms. The molecule has 47 heavy (non-hydrogen) atoms. The third kappa shape index (κ3) is 6.97. The van der Waals surface area contributed by atoms with Gasteiger partial charge < -0.3 is 23.8 Å². The predicted octanol–water partition coefficient (Wildman–Crippen LogP) is 7.95. The summed E-state index contributed by atoms with van der Waals surface area (Å²) in [6.07, 6.45) is 3.30. The van der Waals surface area contributed by atoms with E-state index in [4.69, 9.17) is 18.9 Å². The molecule has 4 aromatic carbocycles. The molecule has 2 heterocycles. The number of hydrogen-bond acceptors (Lipinski definition) is 7. The van der Waals surface area contributed by atoms with Gasteiger partial charge in [-0.05, 0) is 82.6 Å². The Balaban J connectivity index is 1.11. The molecule has 2 unspecified atom stereocenters. The fourth-order valence-electron chi connectivity index (χ4n) is 6.52. The average molecular weight is 632 g/mol. The number of anilines is 3. The highest BCUT2D eigenvalue weighted by Crippen LogP contribution is 2.50. The van der Waals surface area contributed by atoms with Crippen LogP contribution in [0.1, 0.15) is 61.8 Å². The van der Waals surface area contributed by atoms with Gasteiger partial charge in [0, 0.05) is 48.2 Å². The summed E-state index contributed by atoms with van der Waals surface area (Å²) >= 11 is 0. The molecule has 2 saturated heterocycles. The van der Waals surface area contributed by atoms with E-state index in [2.05, 4.69) is 110 Å². The van der Waals surface area contributed by atoms with Gasteiger partial charge in [0.05, 0.1) is 25.9 Å². The van der Waals surface area contributed by atoms with Crippen LogP contribution in [0.15, 0.2) is 91.0 Å². The topological polar surface area (TPSA) is 77.6 Å². The Morgan fingerprint density at radius 2 is 1.36 bits per heavy atom. The number of hydrogen-bond donors (Lipinski definition) is 0. The lowest BCUT2D eigenvalue weighted by molar-refractivity contribution is -0.216. The van der Waals surface area contributed by atoms with Crippen LogP contribution in [-0.4, -0.2) is 44.2 Å². The number of ether oxygens (including phenoxy) is 4. The van der Waals surface area contributed by atoms with Crippen LogP contribution in [0.3, 0.4) is 0 Å². The average Bonchev–Trinajstić information content (AvgIpc) is 3.87. The first-order valence-electron chi connectivity index (χ1n) is 16.7. The zero-order chi connectivity index (χ0) is 32.4. The van der Waals surface area contributed by atoms with Crippen molar-refractivity contribution in [2.75, 3.05) is 24.7 Å². The summed E-state index contributed by atoms with van der Waals surface area (Å²) in [6, 6.07) is 32.2. The number of rotatable bonds is 13. The van der Waals surface area contributed by atoms with Gasteiger partial charge in [0.1, 0.15) is 0 Å². The van der Waals surface area contributed by atoms with Crippen molar-refractivity contribution in [1.29, 1.82) is 0 Å². The Bertz CT molecular complexity index is 1740. The third-order valence-electron chi connectivity index (χ3n) is 9.48. The zero-order valence-electron chi connectivity index (χ0n) is 27.1. The van der Waals surface area contributed by atoms with Crippen molar-refractivity contribution >= 4 is 29.0 Å². The van der Waals surface area contributed by atoms with Crippen molar-refractivity contribution in [1.82, 2.24) is 0 Å². The number of benzene rings is 4. The summed E-state index contributed by atoms with van der Waals surface area (Å²) in [5.74, 6) is -0.411. The number of carbonyl (C=O) groups is 2. The maximum Gasteiger partial charge on any atom is 0.308 e. The Morgan fingerprint density at radius 1 is 0.766 bits per heavy atom. The zero-order valence-corrected chi connectivity index (χ0v) is 27.1. The van der Waals surface area contributed by atoms with Crippen LogP contribution in [0, 0.1) is 0 Å². The standard InChI is InChI=1S/C40H41NO6/c1-40(2)35-6-4-3-5-33(35)34-18-17-31(25-36(34)40)41(30-15-9-28(10-16-30)12-20-38(43)47-39-22-24-45-39)29-13-7-27(8-14-29)11-19-37(42)44-23-21-32-26-46-32/h3-10,13-18,25,32,39H,11-12,19-24,26H2,1-2H3. The highest BCUT2D eigenvalue weighted by molar-refractivity contribution is 5.85. The molecular weight excluding hydrogens is 590 g/mol. The van der Waals surface area contributed by atoms with E-state index in [1.165, 1.54) is 22.3 Å². The summed E-state index contributed by atoms with van der Waals surface area (Å²) in [5, 5.41) is 0. The molecule has 0 saturated carbocycles. The molecule has 0 N–H and O–H groups in total. The number of nitrogens with zero attached hydrogens (tertiary/aromatic N) is 1. The largest absolute Gasteiger partial charge is 0.466 e. The van der Waals surface area contributed by atoms with Crippen molar-refractivity contribution in [3.63, 3.8) is 0 Å². The normalized spacial score (nSPS) is 18.4. The molecule has 0 spiro atoms. The van der Waals surface area contributed by atoms with Crippen LogP contribution in [0.2, 0.25) is 0 Å². The van der Waals surface area contributed by atoms with Gasteiger partial charge in [-0.15, -0.1) is 0 Å². The SMILES string of the molecule is CC1(C)c2ccccc2-c2ccc(N(c3ccc(CCC(=O)OCCC4CO4)cc3)c3ccc(CCC(=O)OC4CCO4)cc3)cc21. The smallest absolute Gasteiger partial charge is 0.308 e. The lowest BCUT2D eigenvalue weighted by atomic mass is 9.82. The lowest BCUT2D eigenvalue weighted by Crippen LogP contribution is -2.31. The van der Waals surface area contributed by atoms with Crippen molar-refractivity contribution < 1.29 is 28.5 Å². The van der Waals surface area contributed by atoms with Gasteiger partial charge in [-0.25, -0.2) is 0 Å². The summed E-state index contributed by atoms with van der Waals surface area (Å²) in [4.78, 5) is 26.8. The summed E-state index contributed by atoms with van der Waals surface area (Å²) < 4.78 is 21.1. The number of epoxide rings is 1. The molecule has 2 fully saturated rings. The maximum absolute atomic E-state index is 12.3. The first-order valence-corrected chi connectivity index (χ1v) is 16.7. The van der Waals surface area contributed by atoms with E-state index in [1.807, 2.05) is 0 Å². The Kier molecular flexibility index (Phi) is 8.84. The summed E-state index contributed by atoms with van der Waals surface area (Å²) in [5.41, 5.74) is 10.3. The minimum absolute atomic E-state index is 0.124. The van der Waals surface area contributed by atoms with Crippen molar-refractivity contribution in [3.8, 4) is 11.1 Å². The van der Waals surface area contributed by atoms with Gasteiger partial charge in [0.25, 0.3) is 0 Å². The van der Waals surface area contributed by atoms with Crippen LogP contribution in [0.25, 0.3) is 11.1 Å². The van der Waals surface area contributed by atoms with Crippen LogP contribution in [-0.2, 0) is 46.8 Å². The van der Waals surface area contributed by atoms with E-state index >= 15 is 0 Å². The van der Waals surface area contributed by atoms with Crippen molar-refractivity contribution in [3.05, 3.63) is 113 Å². The molecule has 0 radical (unpaired) electrons. The number of aryl methyl sites for hydroxylation is 2. The van der Waals surface area contributed by atoms with E-state index < -0.39 is 0 Å². The molecular formula is C40H41NO6. The van der Waals surface area contributed by atoms with Gasteiger partial charge in [0.2, 0.25) is 6.29 Å². The molecule has 0 aromatic heterocycles. The molecule has 3 aliphatic rings. The Hall–Kier alpha value is -4.46. The molecule has 1 aliphatic carbocycles. The van der Waals surface area contributed by atoms with E-state index in [9.17, 15) is 9.59 Å². The molecule has 2 aliphatic heterocycles. The monoisotopic (exact) mass is 631 g/mol. The Labute approximate surface area is 276 Å². The van der Waals surface area contributed by atoms with Crippen LogP contribution >= 0.6 is 0 Å². The van der Waals surface area contributed by atoms with Gasteiger partial charge in [-0.3, -0.25) is 9.59 Å².